The lowest BCUT2D eigenvalue weighted by Crippen LogP contribution is -2.41. The van der Waals surface area contributed by atoms with Crippen LogP contribution in [-0.4, -0.2) is 43.6 Å². The Hall–Kier alpha value is -1.61. The molecule has 0 spiro atoms. The maximum Gasteiger partial charge on any atom is 0.435 e. The first-order chi connectivity index (χ1) is 15.7. The van der Waals surface area contributed by atoms with Gasteiger partial charge in [0.2, 0.25) is 0 Å². The minimum atomic E-state index is -4.47. The lowest BCUT2D eigenvalue weighted by atomic mass is 9.80. The number of carboxylic acids is 1. The highest BCUT2D eigenvalue weighted by atomic mass is 19.4. The monoisotopic (exact) mass is 471 g/mol. The summed E-state index contributed by atoms with van der Waals surface area (Å²) in [6, 6.07) is 0. The summed E-state index contributed by atoms with van der Waals surface area (Å²) in [6.07, 6.45) is 5.13. The summed E-state index contributed by atoms with van der Waals surface area (Å²) in [6.45, 7) is 1.14. The molecule has 2 aliphatic carbocycles. The molecule has 1 aromatic heterocycles. The van der Waals surface area contributed by atoms with Crippen LogP contribution in [0, 0.1) is 17.8 Å². The Morgan fingerprint density at radius 3 is 2.39 bits per heavy atom. The van der Waals surface area contributed by atoms with Crippen LogP contribution in [0.4, 0.5) is 13.2 Å². The normalized spacial score (nSPS) is 26.2. The number of aromatic nitrogens is 2. The van der Waals surface area contributed by atoms with E-state index in [0.29, 0.717) is 44.0 Å². The van der Waals surface area contributed by atoms with Gasteiger partial charge in [-0.2, -0.15) is 18.3 Å². The second kappa shape index (κ2) is 10.3. The van der Waals surface area contributed by atoms with Gasteiger partial charge in [0.05, 0.1) is 11.6 Å². The zero-order valence-electron chi connectivity index (χ0n) is 19.2. The molecule has 0 saturated heterocycles. The molecule has 4 rings (SSSR count). The molecule has 3 aliphatic rings. The quantitative estimate of drug-likeness (QED) is 0.596. The first-order valence-electron chi connectivity index (χ1n) is 12.5. The number of fused-ring (bicyclic) bond motifs is 1. The molecule has 1 atom stereocenters. The minimum Gasteiger partial charge on any atom is -0.481 e. The number of rotatable bonds is 7. The van der Waals surface area contributed by atoms with E-state index in [9.17, 15) is 23.1 Å². The zero-order valence-corrected chi connectivity index (χ0v) is 19.2. The molecular formula is C24H36F3N3O3. The fourth-order valence-electron chi connectivity index (χ4n) is 6.04. The van der Waals surface area contributed by atoms with Crippen LogP contribution in [0.2, 0.25) is 0 Å². The Kier molecular flexibility index (Phi) is 7.68. The topological polar surface area (TPSA) is 78.6 Å². The molecule has 2 heterocycles. The second-order valence-electron chi connectivity index (χ2n) is 10.3. The Morgan fingerprint density at radius 2 is 1.76 bits per heavy atom. The van der Waals surface area contributed by atoms with Crippen molar-refractivity contribution < 1.29 is 28.2 Å². The van der Waals surface area contributed by atoms with Gasteiger partial charge in [-0.1, -0.05) is 32.1 Å². The summed E-state index contributed by atoms with van der Waals surface area (Å²) in [5, 5.41) is 24.1. The van der Waals surface area contributed by atoms with Gasteiger partial charge in [-0.25, -0.2) is 0 Å². The molecule has 1 aromatic rings. The van der Waals surface area contributed by atoms with Gasteiger partial charge in [-0.3, -0.25) is 14.4 Å². The Morgan fingerprint density at radius 1 is 1.06 bits per heavy atom. The number of carboxylic acid groups (broad SMARTS) is 1. The van der Waals surface area contributed by atoms with Crippen molar-refractivity contribution in [3.63, 3.8) is 0 Å². The number of alkyl halides is 3. The summed E-state index contributed by atoms with van der Waals surface area (Å²) < 4.78 is 42.5. The van der Waals surface area contributed by atoms with E-state index in [1.54, 1.807) is 4.68 Å². The van der Waals surface area contributed by atoms with Gasteiger partial charge in [0, 0.05) is 25.2 Å². The predicted octanol–water partition coefficient (Wildman–Crippen LogP) is 4.83. The van der Waals surface area contributed by atoms with Gasteiger partial charge in [0.15, 0.2) is 5.69 Å². The number of aliphatic hydroxyl groups excluding tert-OH is 1. The fraction of sp³-hybridized carbons (Fsp3) is 0.833. The number of carbonyl (C=O) groups is 1. The van der Waals surface area contributed by atoms with Crippen molar-refractivity contribution in [1.29, 1.82) is 0 Å². The van der Waals surface area contributed by atoms with Crippen molar-refractivity contribution in [3.05, 3.63) is 17.0 Å². The largest absolute Gasteiger partial charge is 0.481 e. The smallest absolute Gasteiger partial charge is 0.435 e. The molecule has 33 heavy (non-hydrogen) atoms. The van der Waals surface area contributed by atoms with Gasteiger partial charge < -0.3 is 10.2 Å². The molecule has 0 radical (unpaired) electrons. The number of halogens is 3. The highest BCUT2D eigenvalue weighted by Gasteiger charge is 2.41. The SMILES string of the molecule is O=C(O)C1CCC(CC(O)N2CCc3c(C(F)(F)F)nn(CCC4CCCCC4)c3C2)CC1. The van der Waals surface area contributed by atoms with Crippen LogP contribution in [0.25, 0.3) is 0 Å². The van der Waals surface area contributed by atoms with Crippen molar-refractivity contribution >= 4 is 5.97 Å². The van der Waals surface area contributed by atoms with Gasteiger partial charge in [0.1, 0.15) is 6.23 Å². The summed E-state index contributed by atoms with van der Waals surface area (Å²) in [7, 11) is 0. The van der Waals surface area contributed by atoms with Crippen molar-refractivity contribution in [2.24, 2.45) is 17.8 Å². The summed E-state index contributed by atoms with van der Waals surface area (Å²) in [4.78, 5) is 13.0. The molecule has 1 unspecified atom stereocenters. The number of nitrogens with zero attached hydrogens (tertiary/aromatic N) is 3. The third-order valence-corrected chi connectivity index (χ3v) is 8.07. The third-order valence-electron chi connectivity index (χ3n) is 8.07. The van der Waals surface area contributed by atoms with E-state index in [2.05, 4.69) is 5.10 Å². The molecular weight excluding hydrogens is 435 g/mol. The van der Waals surface area contributed by atoms with Gasteiger partial charge in [-0.15, -0.1) is 0 Å². The van der Waals surface area contributed by atoms with Crippen LogP contribution >= 0.6 is 0 Å². The average Bonchev–Trinajstić information content (AvgIpc) is 3.17. The number of hydrogen-bond acceptors (Lipinski definition) is 4. The first-order valence-corrected chi connectivity index (χ1v) is 12.5. The van der Waals surface area contributed by atoms with Crippen molar-refractivity contribution in [1.82, 2.24) is 14.7 Å². The fourth-order valence-corrected chi connectivity index (χ4v) is 6.04. The van der Waals surface area contributed by atoms with Crippen LogP contribution in [-0.2, 0) is 30.5 Å². The number of aliphatic carboxylic acids is 1. The maximum absolute atomic E-state index is 13.7. The molecule has 1 aliphatic heterocycles. The third kappa shape index (κ3) is 5.91. The Balaban J connectivity index is 1.41. The van der Waals surface area contributed by atoms with Crippen LogP contribution in [0.5, 0.6) is 0 Å². The zero-order chi connectivity index (χ0) is 23.6. The Labute approximate surface area is 193 Å². The van der Waals surface area contributed by atoms with Crippen molar-refractivity contribution in [2.45, 2.75) is 103 Å². The van der Waals surface area contributed by atoms with Crippen LogP contribution in [0.3, 0.4) is 0 Å². The van der Waals surface area contributed by atoms with Gasteiger partial charge in [-0.05, 0) is 56.8 Å². The first kappa shape index (κ1) is 24.5. The molecule has 2 N–H and O–H groups in total. The number of aliphatic hydroxyl groups is 1. The molecule has 2 fully saturated rings. The lowest BCUT2D eigenvalue weighted by Gasteiger charge is -2.35. The highest BCUT2D eigenvalue weighted by molar-refractivity contribution is 5.69. The van der Waals surface area contributed by atoms with Crippen LogP contribution in [0.1, 0.15) is 87.6 Å². The molecule has 0 bridgehead atoms. The van der Waals surface area contributed by atoms with E-state index in [1.165, 1.54) is 19.3 Å². The van der Waals surface area contributed by atoms with Crippen molar-refractivity contribution in [2.75, 3.05) is 6.54 Å². The highest BCUT2D eigenvalue weighted by Crippen LogP contribution is 2.37. The second-order valence-corrected chi connectivity index (χ2v) is 10.3. The summed E-state index contributed by atoms with van der Waals surface area (Å²) in [5.74, 6) is -0.243. The van der Waals surface area contributed by atoms with Crippen molar-refractivity contribution in [3.8, 4) is 0 Å². The molecule has 0 aromatic carbocycles. The maximum atomic E-state index is 13.7. The predicted molar refractivity (Wildman–Crippen MR) is 116 cm³/mol. The van der Waals surface area contributed by atoms with E-state index >= 15 is 0 Å². The van der Waals surface area contributed by atoms with Crippen LogP contribution in [0.15, 0.2) is 0 Å². The summed E-state index contributed by atoms with van der Waals surface area (Å²) in [5.41, 5.74) is 0.122. The van der Waals surface area contributed by atoms with Gasteiger partial charge >= 0.3 is 12.1 Å². The van der Waals surface area contributed by atoms with E-state index in [0.717, 1.165) is 32.1 Å². The minimum absolute atomic E-state index is 0.233. The van der Waals surface area contributed by atoms with Crippen LogP contribution < -0.4 is 0 Å². The average molecular weight is 472 g/mol. The molecule has 6 nitrogen and oxygen atoms in total. The Bertz CT molecular complexity index is 812. The molecule has 186 valence electrons. The number of aryl methyl sites for hydroxylation is 1. The van der Waals surface area contributed by atoms with E-state index in [1.807, 2.05) is 4.90 Å². The van der Waals surface area contributed by atoms with Gasteiger partial charge in [0.25, 0.3) is 0 Å². The number of hydrogen-bond donors (Lipinski definition) is 2. The lowest BCUT2D eigenvalue weighted by molar-refractivity contribution is -0.143. The summed E-state index contributed by atoms with van der Waals surface area (Å²) >= 11 is 0. The van der Waals surface area contributed by atoms with E-state index in [4.69, 9.17) is 5.11 Å². The van der Waals surface area contributed by atoms with E-state index in [-0.39, 0.29) is 30.4 Å². The molecule has 9 heteroatoms. The molecule has 0 amide bonds. The van der Waals surface area contributed by atoms with E-state index < -0.39 is 24.1 Å². The standard InChI is InChI=1S/C24H36F3N3O3/c25-24(26,27)22-19-11-12-29(21(31)14-17-6-8-18(9-7-17)23(32)33)15-20(19)30(28-22)13-10-16-4-2-1-3-5-16/h16-18,21,31H,1-15H2,(H,32,33). The molecule has 2 saturated carbocycles.